The van der Waals surface area contributed by atoms with Crippen LogP contribution < -0.4 is 11.1 Å². The highest BCUT2D eigenvalue weighted by Gasteiger charge is 2.29. The highest BCUT2D eigenvalue weighted by atomic mass is 35.5. The van der Waals surface area contributed by atoms with Gasteiger partial charge in [-0.2, -0.15) is 0 Å². The molecule has 7 heteroatoms. The molecule has 0 spiro atoms. The van der Waals surface area contributed by atoms with Gasteiger partial charge in [-0.05, 0) is 30.5 Å². The van der Waals surface area contributed by atoms with E-state index in [1.165, 1.54) is 6.92 Å². The Kier molecular flexibility index (Phi) is 7.82. The maximum Gasteiger partial charge on any atom is 0.225 e. The van der Waals surface area contributed by atoms with Crippen molar-refractivity contribution in [2.75, 3.05) is 13.1 Å². The zero-order valence-electron chi connectivity index (χ0n) is 13.1. The van der Waals surface area contributed by atoms with Crippen molar-refractivity contribution in [3.63, 3.8) is 0 Å². The van der Waals surface area contributed by atoms with Crippen molar-refractivity contribution in [2.45, 2.75) is 38.3 Å². The van der Waals surface area contributed by atoms with Crippen molar-refractivity contribution in [2.24, 2.45) is 5.73 Å². The third-order valence-electron chi connectivity index (χ3n) is 4.00. The van der Waals surface area contributed by atoms with E-state index in [1.807, 2.05) is 17.0 Å². The summed E-state index contributed by atoms with van der Waals surface area (Å²) >= 11 is 5.89. The summed E-state index contributed by atoms with van der Waals surface area (Å²) < 4.78 is 0. The van der Waals surface area contributed by atoms with E-state index in [-0.39, 0.29) is 42.7 Å². The van der Waals surface area contributed by atoms with Gasteiger partial charge < -0.3 is 16.0 Å². The van der Waals surface area contributed by atoms with Crippen molar-refractivity contribution < 1.29 is 9.59 Å². The SMILES string of the molecule is CC(=O)NC(CC(=O)N1CCCC1CN)c1ccc(Cl)cc1.Cl. The van der Waals surface area contributed by atoms with Crippen LogP contribution in [0.4, 0.5) is 0 Å². The van der Waals surface area contributed by atoms with E-state index in [0.717, 1.165) is 24.9 Å². The number of nitrogens with one attached hydrogen (secondary N) is 1. The van der Waals surface area contributed by atoms with Crippen LogP contribution in [0, 0.1) is 0 Å². The molecule has 5 nitrogen and oxygen atoms in total. The Morgan fingerprint density at radius 1 is 1.39 bits per heavy atom. The van der Waals surface area contributed by atoms with Gasteiger partial charge >= 0.3 is 0 Å². The fourth-order valence-electron chi connectivity index (χ4n) is 2.89. The zero-order chi connectivity index (χ0) is 16.1. The predicted octanol–water partition coefficient (Wildman–Crippen LogP) is 2.28. The number of nitrogens with zero attached hydrogens (tertiary/aromatic N) is 1. The topological polar surface area (TPSA) is 75.4 Å². The maximum atomic E-state index is 12.5. The second kappa shape index (κ2) is 9.11. The fraction of sp³-hybridized carbons (Fsp3) is 0.500. The molecule has 3 N–H and O–H groups in total. The number of carbonyl (C=O) groups is 2. The van der Waals surface area contributed by atoms with Crippen molar-refractivity contribution in [3.05, 3.63) is 34.9 Å². The van der Waals surface area contributed by atoms with Gasteiger partial charge in [0.05, 0.1) is 12.5 Å². The number of benzene rings is 1. The highest BCUT2D eigenvalue weighted by molar-refractivity contribution is 6.30. The molecule has 1 aliphatic rings. The average Bonchev–Trinajstić information content (AvgIpc) is 2.95. The van der Waals surface area contributed by atoms with Gasteiger partial charge in [0.1, 0.15) is 0 Å². The minimum Gasteiger partial charge on any atom is -0.349 e. The standard InChI is InChI=1S/C16H22ClN3O2.ClH/c1-11(21)19-15(12-4-6-13(17)7-5-12)9-16(22)20-8-2-3-14(20)10-18;/h4-7,14-15H,2-3,8-10,18H2,1H3,(H,19,21);1H. The Morgan fingerprint density at radius 2 is 2.04 bits per heavy atom. The van der Waals surface area contributed by atoms with Crippen LogP contribution >= 0.6 is 24.0 Å². The van der Waals surface area contributed by atoms with Crippen LogP contribution in [0.5, 0.6) is 0 Å². The largest absolute Gasteiger partial charge is 0.349 e. The first-order chi connectivity index (χ1) is 10.5. The van der Waals surface area contributed by atoms with E-state index >= 15 is 0 Å². The molecule has 1 aromatic rings. The molecular formula is C16H23Cl2N3O2. The summed E-state index contributed by atoms with van der Waals surface area (Å²) in [5.74, 6) is -0.133. The van der Waals surface area contributed by atoms with Crippen LogP contribution in [0.25, 0.3) is 0 Å². The summed E-state index contributed by atoms with van der Waals surface area (Å²) in [6.07, 6.45) is 2.17. The van der Waals surface area contributed by atoms with Crippen LogP contribution in [0.2, 0.25) is 5.02 Å². The minimum absolute atomic E-state index is 0. The molecule has 1 aliphatic heterocycles. The number of amides is 2. The zero-order valence-corrected chi connectivity index (χ0v) is 14.7. The molecule has 0 radical (unpaired) electrons. The van der Waals surface area contributed by atoms with Gasteiger partial charge in [0, 0.05) is 31.1 Å². The lowest BCUT2D eigenvalue weighted by Gasteiger charge is -2.26. The van der Waals surface area contributed by atoms with E-state index in [1.54, 1.807) is 12.1 Å². The Balaban J connectivity index is 0.00000264. The van der Waals surface area contributed by atoms with Crippen LogP contribution in [-0.4, -0.2) is 35.8 Å². The molecule has 1 fully saturated rings. The number of hydrogen-bond acceptors (Lipinski definition) is 3. The van der Waals surface area contributed by atoms with E-state index in [0.29, 0.717) is 11.6 Å². The third-order valence-corrected chi connectivity index (χ3v) is 4.25. The fourth-order valence-corrected chi connectivity index (χ4v) is 3.02. The first kappa shape index (κ1) is 19.7. The molecule has 1 aromatic carbocycles. The van der Waals surface area contributed by atoms with Gasteiger partial charge in [0.15, 0.2) is 0 Å². The molecule has 0 bridgehead atoms. The van der Waals surface area contributed by atoms with Crippen LogP contribution in [0.15, 0.2) is 24.3 Å². The number of carbonyl (C=O) groups excluding carboxylic acids is 2. The number of hydrogen-bond donors (Lipinski definition) is 2. The summed E-state index contributed by atoms with van der Waals surface area (Å²) in [5.41, 5.74) is 6.59. The number of halogens is 2. The molecule has 0 aromatic heterocycles. The van der Waals surface area contributed by atoms with E-state index in [2.05, 4.69) is 5.32 Å². The average molecular weight is 360 g/mol. The molecule has 23 heavy (non-hydrogen) atoms. The lowest BCUT2D eigenvalue weighted by molar-refractivity contribution is -0.132. The predicted molar refractivity (Wildman–Crippen MR) is 93.7 cm³/mol. The quantitative estimate of drug-likeness (QED) is 0.846. The van der Waals surface area contributed by atoms with E-state index < -0.39 is 0 Å². The number of nitrogens with two attached hydrogens (primary N) is 1. The van der Waals surface area contributed by atoms with Gasteiger partial charge in [0.25, 0.3) is 0 Å². The monoisotopic (exact) mass is 359 g/mol. The molecule has 1 saturated heterocycles. The number of rotatable bonds is 5. The van der Waals surface area contributed by atoms with Crippen LogP contribution in [0.1, 0.15) is 37.8 Å². The Morgan fingerprint density at radius 3 is 2.61 bits per heavy atom. The summed E-state index contributed by atoms with van der Waals surface area (Å²) in [6.45, 7) is 2.68. The molecule has 128 valence electrons. The summed E-state index contributed by atoms with van der Waals surface area (Å²) in [5, 5.41) is 3.47. The first-order valence-electron chi connectivity index (χ1n) is 7.53. The maximum absolute atomic E-state index is 12.5. The van der Waals surface area contributed by atoms with Crippen molar-refractivity contribution >= 4 is 35.8 Å². The highest BCUT2D eigenvalue weighted by Crippen LogP contribution is 2.23. The normalized spacial score (nSPS) is 18.2. The molecule has 2 amide bonds. The first-order valence-corrected chi connectivity index (χ1v) is 7.91. The van der Waals surface area contributed by atoms with Crippen molar-refractivity contribution in [1.82, 2.24) is 10.2 Å². The summed E-state index contributed by atoms with van der Waals surface area (Å²) in [7, 11) is 0. The summed E-state index contributed by atoms with van der Waals surface area (Å²) in [6, 6.07) is 6.96. The lowest BCUT2D eigenvalue weighted by atomic mass is 10.0. The Labute approximate surface area is 148 Å². The number of likely N-dealkylation sites (tertiary alicyclic amines) is 1. The Bertz CT molecular complexity index is 537. The van der Waals surface area contributed by atoms with Crippen molar-refractivity contribution in [1.29, 1.82) is 0 Å². The molecule has 2 atom stereocenters. The van der Waals surface area contributed by atoms with Gasteiger partial charge in [-0.1, -0.05) is 23.7 Å². The van der Waals surface area contributed by atoms with Gasteiger partial charge in [0.2, 0.25) is 11.8 Å². The lowest BCUT2D eigenvalue weighted by Crippen LogP contribution is -2.41. The van der Waals surface area contributed by atoms with E-state index in [4.69, 9.17) is 17.3 Å². The summed E-state index contributed by atoms with van der Waals surface area (Å²) in [4.78, 5) is 25.8. The van der Waals surface area contributed by atoms with Crippen LogP contribution in [-0.2, 0) is 9.59 Å². The van der Waals surface area contributed by atoms with Crippen LogP contribution in [0.3, 0.4) is 0 Å². The van der Waals surface area contributed by atoms with Crippen molar-refractivity contribution in [3.8, 4) is 0 Å². The second-order valence-electron chi connectivity index (χ2n) is 5.63. The van der Waals surface area contributed by atoms with E-state index in [9.17, 15) is 9.59 Å². The molecule has 0 saturated carbocycles. The third kappa shape index (κ3) is 5.37. The molecular weight excluding hydrogens is 337 g/mol. The molecule has 1 heterocycles. The van der Waals surface area contributed by atoms with Gasteiger partial charge in [-0.15, -0.1) is 12.4 Å². The van der Waals surface area contributed by atoms with Gasteiger partial charge in [-0.3, -0.25) is 9.59 Å². The molecule has 2 unspecified atom stereocenters. The van der Waals surface area contributed by atoms with Gasteiger partial charge in [-0.25, -0.2) is 0 Å². The smallest absolute Gasteiger partial charge is 0.225 e. The second-order valence-corrected chi connectivity index (χ2v) is 6.06. The Hall–Kier alpha value is -1.30. The molecule has 0 aliphatic carbocycles. The minimum atomic E-state index is -0.346. The molecule has 2 rings (SSSR count).